The first-order valence-electron chi connectivity index (χ1n) is 10.3. The van der Waals surface area contributed by atoms with Crippen molar-refractivity contribution in [2.45, 2.75) is 25.7 Å². The van der Waals surface area contributed by atoms with Gasteiger partial charge in [-0.1, -0.05) is 31.0 Å². The van der Waals surface area contributed by atoms with E-state index in [0.29, 0.717) is 11.4 Å². The average Bonchev–Trinajstić information content (AvgIpc) is 3.09. The summed E-state index contributed by atoms with van der Waals surface area (Å²) in [4.78, 5) is 25.2. The fourth-order valence-electron chi connectivity index (χ4n) is 3.67. The molecular weight excluding hydrogens is 394 g/mol. The van der Waals surface area contributed by atoms with Crippen molar-refractivity contribution in [3.63, 3.8) is 0 Å². The van der Waals surface area contributed by atoms with Gasteiger partial charge in [-0.15, -0.1) is 10.2 Å². The molecule has 158 valence electrons. The van der Waals surface area contributed by atoms with Crippen LogP contribution in [0.15, 0.2) is 60.7 Å². The molecule has 1 saturated heterocycles. The predicted molar refractivity (Wildman–Crippen MR) is 119 cm³/mol. The standard InChI is InChI=1S/C23H23N5O3/c29-23(18-8-6-10-20(16-18)28(30)31)24-19-9-5-7-17(15-19)21-11-12-22(26-25-21)27-13-3-1-2-4-14-27/h5-12,15-16H,1-4,13-14H2,(H,24,29). The van der Waals surface area contributed by atoms with E-state index in [1.807, 2.05) is 30.3 Å². The number of hydrogen-bond acceptors (Lipinski definition) is 6. The van der Waals surface area contributed by atoms with Gasteiger partial charge in [-0.3, -0.25) is 14.9 Å². The molecule has 0 spiro atoms. The second-order valence-electron chi connectivity index (χ2n) is 7.52. The van der Waals surface area contributed by atoms with Gasteiger partial charge in [0.1, 0.15) is 0 Å². The summed E-state index contributed by atoms with van der Waals surface area (Å²) in [7, 11) is 0. The SMILES string of the molecule is O=C(Nc1cccc(-c2ccc(N3CCCCCC3)nn2)c1)c1cccc([N+](=O)[O-])c1. The number of rotatable bonds is 5. The van der Waals surface area contributed by atoms with Gasteiger partial charge in [0, 0.05) is 42.0 Å². The summed E-state index contributed by atoms with van der Waals surface area (Å²) >= 11 is 0. The number of nitro benzene ring substituents is 1. The van der Waals surface area contributed by atoms with Gasteiger partial charge < -0.3 is 10.2 Å². The number of aromatic nitrogens is 2. The van der Waals surface area contributed by atoms with E-state index in [2.05, 4.69) is 20.4 Å². The zero-order valence-corrected chi connectivity index (χ0v) is 17.0. The zero-order valence-electron chi connectivity index (χ0n) is 17.0. The highest BCUT2D eigenvalue weighted by Crippen LogP contribution is 2.24. The minimum absolute atomic E-state index is 0.124. The van der Waals surface area contributed by atoms with Crippen LogP contribution in [-0.2, 0) is 0 Å². The van der Waals surface area contributed by atoms with Crippen LogP contribution in [0.1, 0.15) is 36.0 Å². The van der Waals surface area contributed by atoms with E-state index in [-0.39, 0.29) is 11.3 Å². The van der Waals surface area contributed by atoms with Crippen molar-refractivity contribution in [1.82, 2.24) is 10.2 Å². The van der Waals surface area contributed by atoms with Crippen LogP contribution in [0.4, 0.5) is 17.2 Å². The molecule has 31 heavy (non-hydrogen) atoms. The van der Waals surface area contributed by atoms with Crippen molar-refractivity contribution >= 4 is 23.1 Å². The van der Waals surface area contributed by atoms with Crippen molar-refractivity contribution in [3.05, 3.63) is 76.3 Å². The summed E-state index contributed by atoms with van der Waals surface area (Å²) in [6, 6.07) is 16.9. The molecule has 0 unspecified atom stereocenters. The van der Waals surface area contributed by atoms with Gasteiger partial charge in [0.05, 0.1) is 10.6 Å². The number of non-ortho nitro benzene ring substituents is 1. The van der Waals surface area contributed by atoms with Crippen LogP contribution < -0.4 is 10.2 Å². The first kappa shape index (κ1) is 20.5. The van der Waals surface area contributed by atoms with E-state index >= 15 is 0 Å². The molecule has 2 heterocycles. The number of carbonyl (C=O) groups is 1. The van der Waals surface area contributed by atoms with Crippen LogP contribution >= 0.6 is 0 Å². The Kier molecular flexibility index (Phi) is 6.16. The quantitative estimate of drug-likeness (QED) is 0.478. The van der Waals surface area contributed by atoms with Crippen LogP contribution in [0.5, 0.6) is 0 Å². The van der Waals surface area contributed by atoms with E-state index in [9.17, 15) is 14.9 Å². The highest BCUT2D eigenvalue weighted by molar-refractivity contribution is 6.04. The van der Waals surface area contributed by atoms with Gasteiger partial charge in [0.15, 0.2) is 5.82 Å². The normalized spacial score (nSPS) is 14.0. The summed E-state index contributed by atoms with van der Waals surface area (Å²) in [6.45, 7) is 2.01. The van der Waals surface area contributed by atoms with Crippen molar-refractivity contribution in [2.75, 3.05) is 23.3 Å². The predicted octanol–water partition coefficient (Wildman–Crippen LogP) is 4.68. The van der Waals surface area contributed by atoms with Gasteiger partial charge in [-0.25, -0.2) is 0 Å². The lowest BCUT2D eigenvalue weighted by atomic mass is 10.1. The van der Waals surface area contributed by atoms with Gasteiger partial charge >= 0.3 is 0 Å². The number of amides is 1. The molecule has 1 aliphatic heterocycles. The largest absolute Gasteiger partial charge is 0.355 e. The highest BCUT2D eigenvalue weighted by Gasteiger charge is 2.14. The van der Waals surface area contributed by atoms with E-state index in [4.69, 9.17) is 0 Å². The maximum Gasteiger partial charge on any atom is 0.270 e. The lowest BCUT2D eigenvalue weighted by molar-refractivity contribution is -0.384. The van der Waals surface area contributed by atoms with Gasteiger partial charge in [0.2, 0.25) is 0 Å². The molecule has 1 fully saturated rings. The summed E-state index contributed by atoms with van der Waals surface area (Å²) in [6.07, 6.45) is 4.87. The third-order valence-electron chi connectivity index (χ3n) is 5.32. The second kappa shape index (κ2) is 9.34. The number of nitrogens with zero attached hydrogens (tertiary/aromatic N) is 4. The summed E-state index contributed by atoms with van der Waals surface area (Å²) in [5, 5.41) is 22.5. The molecule has 1 N–H and O–H groups in total. The Morgan fingerprint density at radius 1 is 0.935 bits per heavy atom. The molecule has 8 heteroatoms. The number of nitro groups is 1. The molecule has 8 nitrogen and oxygen atoms in total. The second-order valence-corrected chi connectivity index (χ2v) is 7.52. The zero-order chi connectivity index (χ0) is 21.6. The minimum Gasteiger partial charge on any atom is -0.355 e. The van der Waals surface area contributed by atoms with Crippen molar-refractivity contribution in [3.8, 4) is 11.3 Å². The van der Waals surface area contributed by atoms with E-state index in [1.54, 1.807) is 12.1 Å². The van der Waals surface area contributed by atoms with Gasteiger partial charge in [-0.2, -0.15) is 0 Å². The van der Waals surface area contributed by atoms with Crippen LogP contribution in [0, 0.1) is 10.1 Å². The number of anilines is 2. The Labute approximate surface area is 180 Å². The maximum absolute atomic E-state index is 12.5. The monoisotopic (exact) mass is 417 g/mol. The van der Waals surface area contributed by atoms with Gasteiger partial charge in [0.25, 0.3) is 11.6 Å². The topological polar surface area (TPSA) is 101 Å². The fourth-order valence-corrected chi connectivity index (χ4v) is 3.67. The number of nitrogens with one attached hydrogen (secondary N) is 1. The van der Waals surface area contributed by atoms with Crippen molar-refractivity contribution in [1.29, 1.82) is 0 Å². The highest BCUT2D eigenvalue weighted by atomic mass is 16.6. The Hall–Kier alpha value is -3.81. The molecular formula is C23H23N5O3. The Morgan fingerprint density at radius 2 is 1.71 bits per heavy atom. The van der Waals surface area contributed by atoms with Gasteiger partial charge in [-0.05, 0) is 43.2 Å². The molecule has 0 radical (unpaired) electrons. The molecule has 0 atom stereocenters. The van der Waals surface area contributed by atoms with E-state index in [1.165, 1.54) is 43.9 Å². The van der Waals surface area contributed by atoms with Crippen molar-refractivity contribution in [2.24, 2.45) is 0 Å². The molecule has 0 saturated carbocycles. The molecule has 1 aromatic heterocycles. The molecule has 3 aromatic rings. The Balaban J connectivity index is 1.48. The Bertz CT molecular complexity index is 1080. The molecule has 0 bridgehead atoms. The first-order chi connectivity index (χ1) is 15.1. The molecule has 1 amide bonds. The van der Waals surface area contributed by atoms with Crippen LogP contribution in [0.25, 0.3) is 11.3 Å². The van der Waals surface area contributed by atoms with Crippen LogP contribution in [-0.4, -0.2) is 34.1 Å². The van der Waals surface area contributed by atoms with Crippen LogP contribution in [0.2, 0.25) is 0 Å². The minimum atomic E-state index is -0.522. The third kappa shape index (κ3) is 5.03. The van der Waals surface area contributed by atoms with Crippen LogP contribution in [0.3, 0.4) is 0 Å². The average molecular weight is 417 g/mol. The first-order valence-corrected chi connectivity index (χ1v) is 10.3. The lowest BCUT2D eigenvalue weighted by Crippen LogP contribution is -2.25. The van der Waals surface area contributed by atoms with E-state index in [0.717, 1.165) is 24.5 Å². The summed E-state index contributed by atoms with van der Waals surface area (Å²) in [5.74, 6) is 0.476. The molecule has 0 aliphatic carbocycles. The lowest BCUT2D eigenvalue weighted by Gasteiger charge is -2.20. The summed E-state index contributed by atoms with van der Waals surface area (Å²) in [5.41, 5.74) is 2.21. The number of carbonyl (C=O) groups excluding carboxylic acids is 1. The number of benzene rings is 2. The van der Waals surface area contributed by atoms with E-state index < -0.39 is 10.8 Å². The maximum atomic E-state index is 12.5. The third-order valence-corrected chi connectivity index (χ3v) is 5.32. The molecule has 4 rings (SSSR count). The molecule has 2 aromatic carbocycles. The Morgan fingerprint density at radius 3 is 2.42 bits per heavy atom. The fraction of sp³-hybridized carbons (Fsp3) is 0.261. The number of hydrogen-bond donors (Lipinski definition) is 1. The van der Waals surface area contributed by atoms with Crippen molar-refractivity contribution < 1.29 is 9.72 Å². The summed E-state index contributed by atoms with van der Waals surface area (Å²) < 4.78 is 0. The smallest absolute Gasteiger partial charge is 0.270 e. The molecule has 1 aliphatic rings.